The summed E-state index contributed by atoms with van der Waals surface area (Å²) < 4.78 is 2.01. The summed E-state index contributed by atoms with van der Waals surface area (Å²) in [6.07, 6.45) is 2.88. The van der Waals surface area contributed by atoms with E-state index >= 15 is 0 Å². The van der Waals surface area contributed by atoms with Crippen molar-refractivity contribution in [2.45, 2.75) is 13.5 Å². The van der Waals surface area contributed by atoms with Gasteiger partial charge in [0, 0.05) is 40.3 Å². The van der Waals surface area contributed by atoms with E-state index in [1.807, 2.05) is 17.6 Å². The van der Waals surface area contributed by atoms with Gasteiger partial charge < -0.3 is 9.67 Å². The second kappa shape index (κ2) is 7.28. The molecule has 0 aliphatic rings. The highest BCUT2D eigenvalue weighted by Crippen LogP contribution is 2.29. The summed E-state index contributed by atoms with van der Waals surface area (Å²) in [5, 5.41) is 24.7. The maximum absolute atomic E-state index is 12.2. The van der Waals surface area contributed by atoms with E-state index in [1.165, 1.54) is 5.56 Å². The number of allylic oxidation sites excluding steroid dienone is 1. The van der Waals surface area contributed by atoms with Crippen LogP contribution in [0.3, 0.4) is 0 Å². The molecule has 2 aromatic heterocycles. The van der Waals surface area contributed by atoms with Crippen LogP contribution in [0.25, 0.3) is 16.7 Å². The maximum atomic E-state index is 12.2. The molecule has 0 saturated heterocycles. The molecular weight excluding hydrogens is 378 g/mol. The number of carbonyl (C=O) groups is 1. The molecule has 2 aromatic carbocycles. The average Bonchev–Trinajstić information content (AvgIpc) is 3.32. The Morgan fingerprint density at radius 1 is 1.25 bits per heavy atom. The molecule has 4 rings (SSSR count). The number of benzene rings is 2. The summed E-state index contributed by atoms with van der Waals surface area (Å²) in [5.74, 6) is -0.856. The first-order valence-electron chi connectivity index (χ1n) is 8.54. The molecule has 28 heavy (non-hydrogen) atoms. The van der Waals surface area contributed by atoms with Gasteiger partial charge in [0.25, 0.3) is 0 Å². The fourth-order valence-electron chi connectivity index (χ4n) is 3.03. The Kier molecular flexibility index (Phi) is 4.67. The van der Waals surface area contributed by atoms with E-state index in [2.05, 4.69) is 44.9 Å². The number of fused-ring (bicyclic) bond motifs is 1. The molecule has 0 bridgehead atoms. The highest BCUT2D eigenvalue weighted by atomic mass is 35.5. The van der Waals surface area contributed by atoms with Crippen LogP contribution < -0.4 is 0 Å². The number of hydrogen-bond donors (Lipinski definition) is 2. The number of rotatable bonds is 5. The lowest BCUT2D eigenvalue weighted by Gasteiger charge is -2.06. The number of aryl methyl sites for hydroxylation is 1. The summed E-state index contributed by atoms with van der Waals surface area (Å²) >= 11 is 6.16. The Morgan fingerprint density at radius 2 is 2.04 bits per heavy atom. The van der Waals surface area contributed by atoms with Crippen LogP contribution in [0.4, 0.5) is 0 Å². The smallest absolute Gasteiger partial charge is 0.244 e. The van der Waals surface area contributed by atoms with Gasteiger partial charge in [-0.15, -0.1) is 10.2 Å². The van der Waals surface area contributed by atoms with Crippen LogP contribution in [-0.4, -0.2) is 36.1 Å². The molecule has 140 valence electrons. The highest BCUT2D eigenvalue weighted by Gasteiger charge is 2.16. The van der Waals surface area contributed by atoms with Gasteiger partial charge in [-0.25, -0.2) is 0 Å². The minimum absolute atomic E-state index is 0.118. The molecule has 0 saturated carbocycles. The molecular formula is C20H16ClN5O2. The van der Waals surface area contributed by atoms with Gasteiger partial charge >= 0.3 is 0 Å². The fraction of sp³-hybridized carbons (Fsp3) is 0.100. The zero-order chi connectivity index (χ0) is 19.7. The van der Waals surface area contributed by atoms with Gasteiger partial charge in [-0.05, 0) is 35.9 Å². The predicted octanol–water partition coefficient (Wildman–Crippen LogP) is 3.95. The third kappa shape index (κ3) is 3.52. The lowest BCUT2D eigenvalue weighted by Crippen LogP contribution is -2.00. The largest absolute Gasteiger partial charge is 0.507 e. The molecule has 7 nitrogen and oxygen atoms in total. The number of aliphatic hydroxyl groups excluding tert-OH is 1. The van der Waals surface area contributed by atoms with Gasteiger partial charge in [0.15, 0.2) is 0 Å². The molecule has 2 heterocycles. The van der Waals surface area contributed by atoms with Crippen LogP contribution >= 0.6 is 11.6 Å². The molecule has 0 aliphatic heterocycles. The summed E-state index contributed by atoms with van der Waals surface area (Å²) in [4.78, 5) is 12.2. The van der Waals surface area contributed by atoms with E-state index in [4.69, 9.17) is 11.6 Å². The number of aliphatic hydroxyl groups is 1. The quantitative estimate of drug-likeness (QED) is 0.304. The molecule has 0 fully saturated rings. The number of aromatic nitrogens is 5. The molecule has 0 amide bonds. The minimum atomic E-state index is -0.548. The Labute approximate surface area is 165 Å². The molecule has 2 N–H and O–H groups in total. The van der Waals surface area contributed by atoms with Crippen molar-refractivity contribution >= 4 is 34.0 Å². The fourth-order valence-corrected chi connectivity index (χ4v) is 3.20. The topological polar surface area (TPSA) is 96.7 Å². The second-order valence-corrected chi connectivity index (χ2v) is 6.88. The average molecular weight is 394 g/mol. The van der Waals surface area contributed by atoms with Crippen molar-refractivity contribution < 1.29 is 9.90 Å². The van der Waals surface area contributed by atoms with Gasteiger partial charge in [0.1, 0.15) is 5.76 Å². The van der Waals surface area contributed by atoms with Crippen molar-refractivity contribution in [2.24, 2.45) is 0 Å². The van der Waals surface area contributed by atoms with Crippen molar-refractivity contribution in [1.82, 2.24) is 25.2 Å². The standard InChI is InChI=1S/C20H16ClN5O2/c1-12-2-4-13(5-3-12)10-26-11-16(15-8-14(21)6-7-17(15)26)18(27)9-19(28)20-22-24-25-23-20/h2-9,11,27H,10H2,1H3,(H,22,23,24,25)/b18-9+. The number of ketones is 1. The van der Waals surface area contributed by atoms with Gasteiger partial charge in [0.2, 0.25) is 11.6 Å². The number of H-pyrrole nitrogens is 1. The zero-order valence-electron chi connectivity index (χ0n) is 14.9. The zero-order valence-corrected chi connectivity index (χ0v) is 15.7. The first kappa shape index (κ1) is 17.9. The lowest BCUT2D eigenvalue weighted by atomic mass is 10.1. The van der Waals surface area contributed by atoms with Crippen LogP contribution in [0.2, 0.25) is 5.02 Å². The maximum Gasteiger partial charge on any atom is 0.244 e. The summed E-state index contributed by atoms with van der Waals surface area (Å²) in [6, 6.07) is 13.7. The van der Waals surface area contributed by atoms with Gasteiger partial charge in [-0.3, -0.25) is 4.79 Å². The van der Waals surface area contributed by atoms with E-state index in [9.17, 15) is 9.90 Å². The van der Waals surface area contributed by atoms with Crippen molar-refractivity contribution in [3.05, 3.63) is 82.3 Å². The number of tetrazole rings is 1. The molecule has 0 aliphatic carbocycles. The predicted molar refractivity (Wildman–Crippen MR) is 106 cm³/mol. The van der Waals surface area contributed by atoms with E-state index < -0.39 is 5.78 Å². The number of aromatic amines is 1. The Bertz CT molecular complexity index is 1180. The van der Waals surface area contributed by atoms with Gasteiger partial charge in [-0.1, -0.05) is 41.4 Å². The normalized spacial score (nSPS) is 11.9. The lowest BCUT2D eigenvalue weighted by molar-refractivity contribution is 0.103. The third-order valence-corrected chi connectivity index (χ3v) is 4.66. The number of hydrogen-bond acceptors (Lipinski definition) is 5. The van der Waals surface area contributed by atoms with Crippen molar-refractivity contribution in [2.75, 3.05) is 0 Å². The van der Waals surface area contributed by atoms with Gasteiger partial charge in [0.05, 0.1) is 0 Å². The van der Waals surface area contributed by atoms with E-state index in [1.54, 1.807) is 18.3 Å². The van der Waals surface area contributed by atoms with Crippen LogP contribution in [0.15, 0.2) is 54.7 Å². The monoisotopic (exact) mass is 393 g/mol. The van der Waals surface area contributed by atoms with E-state index in [0.29, 0.717) is 17.1 Å². The molecule has 0 atom stereocenters. The van der Waals surface area contributed by atoms with Crippen molar-refractivity contribution in [3.63, 3.8) is 0 Å². The second-order valence-electron chi connectivity index (χ2n) is 6.45. The van der Waals surface area contributed by atoms with Crippen molar-refractivity contribution in [1.29, 1.82) is 0 Å². The molecule has 0 radical (unpaired) electrons. The molecule has 0 spiro atoms. The molecule has 8 heteroatoms. The minimum Gasteiger partial charge on any atom is -0.507 e. The molecule has 4 aromatic rings. The van der Waals surface area contributed by atoms with Crippen LogP contribution in [-0.2, 0) is 6.54 Å². The van der Waals surface area contributed by atoms with E-state index in [-0.39, 0.29) is 11.6 Å². The van der Waals surface area contributed by atoms with Gasteiger partial charge in [-0.2, -0.15) is 5.21 Å². The first-order chi connectivity index (χ1) is 13.5. The number of nitrogens with zero attached hydrogens (tertiary/aromatic N) is 4. The summed E-state index contributed by atoms with van der Waals surface area (Å²) in [6.45, 7) is 2.66. The molecule has 0 unspecified atom stereocenters. The number of nitrogens with one attached hydrogen (secondary N) is 1. The number of halogens is 1. The van der Waals surface area contributed by atoms with E-state index in [0.717, 1.165) is 22.5 Å². The van der Waals surface area contributed by atoms with Crippen LogP contribution in [0.1, 0.15) is 27.3 Å². The summed E-state index contributed by atoms with van der Waals surface area (Å²) in [5.41, 5.74) is 3.71. The highest BCUT2D eigenvalue weighted by molar-refractivity contribution is 6.31. The SMILES string of the molecule is Cc1ccc(Cn2cc(/C(O)=C\C(=O)c3nn[nH]n3)c3cc(Cl)ccc32)cc1. The van der Waals surface area contributed by atoms with Crippen LogP contribution in [0.5, 0.6) is 0 Å². The summed E-state index contributed by atoms with van der Waals surface area (Å²) in [7, 11) is 0. The first-order valence-corrected chi connectivity index (χ1v) is 8.92. The van der Waals surface area contributed by atoms with Crippen molar-refractivity contribution in [3.8, 4) is 0 Å². The Morgan fingerprint density at radius 3 is 2.75 bits per heavy atom. The third-order valence-electron chi connectivity index (χ3n) is 4.43. The Hall–Kier alpha value is -3.45. The van der Waals surface area contributed by atoms with Crippen LogP contribution in [0, 0.1) is 6.92 Å². The Balaban J connectivity index is 1.76. The number of carbonyl (C=O) groups excluding carboxylic acids is 1.